The highest BCUT2D eigenvalue weighted by Crippen LogP contribution is 2.10. The van der Waals surface area contributed by atoms with Crippen molar-refractivity contribution in [3.63, 3.8) is 0 Å². The Morgan fingerprint density at radius 3 is 2.77 bits per heavy atom. The van der Waals surface area contributed by atoms with Crippen LogP contribution in [0.15, 0.2) is 43.2 Å². The van der Waals surface area contributed by atoms with E-state index < -0.39 is 0 Å². The lowest BCUT2D eigenvalue weighted by atomic mass is 10.2. The van der Waals surface area contributed by atoms with Crippen LogP contribution in [0, 0.1) is 0 Å². The molecule has 0 aliphatic carbocycles. The van der Waals surface area contributed by atoms with Crippen molar-refractivity contribution < 1.29 is 4.74 Å². The lowest BCUT2D eigenvalue weighted by molar-refractivity contribution is 0.274. The third kappa shape index (κ3) is 4.63. The lowest BCUT2D eigenvalue weighted by Gasteiger charge is -2.01. The van der Waals surface area contributed by atoms with Gasteiger partial charge in [0.25, 0.3) is 0 Å². The van der Waals surface area contributed by atoms with Gasteiger partial charge in [0.1, 0.15) is 0 Å². The number of benzene rings is 1. The molecule has 0 spiro atoms. The molecule has 0 saturated heterocycles. The zero-order chi connectivity index (χ0) is 9.36. The summed E-state index contributed by atoms with van der Waals surface area (Å²) in [5.74, 6) is 2.07. The van der Waals surface area contributed by atoms with Crippen molar-refractivity contribution in [1.29, 1.82) is 0 Å². The van der Waals surface area contributed by atoms with Gasteiger partial charge in [-0.15, -0.1) is 0 Å². The van der Waals surface area contributed by atoms with Crippen LogP contribution >= 0.6 is 11.8 Å². The molecule has 70 valence electrons. The normalized spacial score (nSPS) is 9.54. The van der Waals surface area contributed by atoms with Gasteiger partial charge in [0, 0.05) is 11.5 Å². The van der Waals surface area contributed by atoms with Crippen LogP contribution in [0.4, 0.5) is 0 Å². The van der Waals surface area contributed by atoms with E-state index in [0.29, 0.717) is 0 Å². The quantitative estimate of drug-likeness (QED) is 0.508. The zero-order valence-electron chi connectivity index (χ0n) is 7.61. The van der Waals surface area contributed by atoms with Crippen molar-refractivity contribution in [2.45, 2.75) is 5.75 Å². The third-order valence-electron chi connectivity index (χ3n) is 1.57. The molecule has 0 unspecified atom stereocenters. The maximum absolute atomic E-state index is 5.01. The average Bonchev–Trinajstić information content (AvgIpc) is 2.19. The average molecular weight is 194 g/mol. The van der Waals surface area contributed by atoms with Gasteiger partial charge in [-0.2, -0.15) is 11.8 Å². The minimum Gasteiger partial charge on any atom is -0.501 e. The van der Waals surface area contributed by atoms with Crippen LogP contribution in [-0.2, 0) is 10.5 Å². The van der Waals surface area contributed by atoms with Gasteiger partial charge >= 0.3 is 0 Å². The van der Waals surface area contributed by atoms with Crippen molar-refractivity contribution in [3.05, 3.63) is 48.7 Å². The molecule has 0 atom stereocenters. The van der Waals surface area contributed by atoms with Crippen molar-refractivity contribution >= 4 is 11.8 Å². The van der Waals surface area contributed by atoms with Crippen LogP contribution < -0.4 is 0 Å². The molecular weight excluding hydrogens is 180 g/mol. The summed E-state index contributed by atoms with van der Waals surface area (Å²) in [4.78, 5) is 0. The number of thioether (sulfide) groups is 1. The predicted octanol–water partition coefficient (Wildman–Crippen LogP) is 3.08. The Bertz CT molecular complexity index is 233. The fourth-order valence-corrected chi connectivity index (χ4v) is 1.74. The van der Waals surface area contributed by atoms with Gasteiger partial charge < -0.3 is 4.74 Å². The largest absolute Gasteiger partial charge is 0.501 e. The monoisotopic (exact) mass is 194 g/mol. The predicted molar refractivity (Wildman–Crippen MR) is 58.8 cm³/mol. The van der Waals surface area contributed by atoms with Crippen molar-refractivity contribution in [2.24, 2.45) is 0 Å². The smallest absolute Gasteiger partial charge is 0.0963 e. The molecule has 0 heterocycles. The first-order chi connectivity index (χ1) is 6.43. The van der Waals surface area contributed by atoms with E-state index in [0.717, 1.165) is 18.1 Å². The minimum atomic E-state index is 0.751. The molecule has 1 aromatic carbocycles. The van der Waals surface area contributed by atoms with Gasteiger partial charge in [-0.25, -0.2) is 0 Å². The molecule has 0 bridgehead atoms. The molecule has 0 saturated carbocycles. The van der Waals surface area contributed by atoms with Crippen molar-refractivity contribution in [3.8, 4) is 0 Å². The molecule has 13 heavy (non-hydrogen) atoms. The Morgan fingerprint density at radius 1 is 1.31 bits per heavy atom. The molecule has 1 nitrogen and oxygen atoms in total. The van der Waals surface area contributed by atoms with Crippen LogP contribution in [0.25, 0.3) is 0 Å². The van der Waals surface area contributed by atoms with Crippen LogP contribution in [0.3, 0.4) is 0 Å². The summed E-state index contributed by atoms with van der Waals surface area (Å²) in [6.45, 7) is 4.24. The molecule has 0 radical (unpaired) electrons. The Balaban J connectivity index is 2.10. The summed E-state index contributed by atoms with van der Waals surface area (Å²) in [5, 5.41) is 0. The second kappa shape index (κ2) is 6.61. The Hall–Kier alpha value is -0.890. The van der Waals surface area contributed by atoms with Crippen LogP contribution in [0.2, 0.25) is 0 Å². The van der Waals surface area contributed by atoms with E-state index in [2.05, 4.69) is 30.8 Å². The second-order valence-electron chi connectivity index (χ2n) is 2.58. The lowest BCUT2D eigenvalue weighted by Crippen LogP contribution is -1.91. The van der Waals surface area contributed by atoms with E-state index in [1.807, 2.05) is 17.8 Å². The fraction of sp³-hybridized carbons (Fsp3) is 0.273. The summed E-state index contributed by atoms with van der Waals surface area (Å²) in [6.07, 6.45) is 1.49. The van der Waals surface area contributed by atoms with Crippen LogP contribution in [0.5, 0.6) is 0 Å². The van der Waals surface area contributed by atoms with E-state index in [4.69, 9.17) is 4.74 Å². The first kappa shape index (κ1) is 10.2. The first-order valence-electron chi connectivity index (χ1n) is 4.27. The summed E-state index contributed by atoms with van der Waals surface area (Å²) in [5.41, 5.74) is 1.37. The Labute approximate surface area is 83.8 Å². The summed E-state index contributed by atoms with van der Waals surface area (Å²) in [7, 11) is 0. The van der Waals surface area contributed by atoms with E-state index in [-0.39, 0.29) is 0 Å². The van der Waals surface area contributed by atoms with E-state index in [1.54, 1.807) is 0 Å². The van der Waals surface area contributed by atoms with Gasteiger partial charge in [0.15, 0.2) is 0 Å². The summed E-state index contributed by atoms with van der Waals surface area (Å²) < 4.78 is 5.01. The highest BCUT2D eigenvalue weighted by molar-refractivity contribution is 7.98. The summed E-state index contributed by atoms with van der Waals surface area (Å²) >= 11 is 1.87. The minimum absolute atomic E-state index is 0.751. The Morgan fingerprint density at radius 2 is 2.08 bits per heavy atom. The molecule has 0 N–H and O–H groups in total. The molecule has 0 fully saturated rings. The third-order valence-corrected chi connectivity index (χ3v) is 2.57. The van der Waals surface area contributed by atoms with Gasteiger partial charge in [-0.3, -0.25) is 0 Å². The molecule has 2 heteroatoms. The molecule has 1 rings (SSSR count). The topological polar surface area (TPSA) is 9.23 Å². The van der Waals surface area contributed by atoms with Gasteiger partial charge in [-0.1, -0.05) is 36.9 Å². The number of rotatable bonds is 6. The number of hydrogen-bond acceptors (Lipinski definition) is 2. The molecule has 0 aliphatic rings. The molecular formula is C11H14OS. The maximum atomic E-state index is 5.01. The maximum Gasteiger partial charge on any atom is 0.0963 e. The number of hydrogen-bond donors (Lipinski definition) is 0. The standard InChI is InChI=1S/C11H14OS/c1-2-12-8-9-13-10-11-6-4-3-5-7-11/h2-7H,1,8-10H2. The zero-order valence-corrected chi connectivity index (χ0v) is 8.43. The van der Waals surface area contributed by atoms with E-state index in [1.165, 1.54) is 11.8 Å². The van der Waals surface area contributed by atoms with E-state index >= 15 is 0 Å². The first-order valence-corrected chi connectivity index (χ1v) is 5.43. The Kier molecular flexibility index (Phi) is 5.18. The SMILES string of the molecule is C=COCCSCc1ccccc1. The highest BCUT2D eigenvalue weighted by atomic mass is 32.2. The van der Waals surface area contributed by atoms with Gasteiger partial charge in [-0.05, 0) is 5.56 Å². The van der Waals surface area contributed by atoms with E-state index in [9.17, 15) is 0 Å². The van der Waals surface area contributed by atoms with Crippen molar-refractivity contribution in [1.82, 2.24) is 0 Å². The molecule has 0 aromatic heterocycles. The fourth-order valence-electron chi connectivity index (χ4n) is 0.955. The molecule has 0 aliphatic heterocycles. The van der Waals surface area contributed by atoms with Crippen molar-refractivity contribution in [2.75, 3.05) is 12.4 Å². The molecule has 1 aromatic rings. The number of ether oxygens (including phenoxy) is 1. The van der Waals surface area contributed by atoms with Gasteiger partial charge in [0.2, 0.25) is 0 Å². The summed E-state index contributed by atoms with van der Waals surface area (Å²) in [6, 6.07) is 10.4. The van der Waals surface area contributed by atoms with Crippen LogP contribution in [0.1, 0.15) is 5.56 Å². The second-order valence-corrected chi connectivity index (χ2v) is 3.68. The molecule has 0 amide bonds. The highest BCUT2D eigenvalue weighted by Gasteiger charge is 1.91. The van der Waals surface area contributed by atoms with Crippen LogP contribution in [-0.4, -0.2) is 12.4 Å². The van der Waals surface area contributed by atoms with Gasteiger partial charge in [0.05, 0.1) is 12.9 Å².